The Balaban J connectivity index is 1.76. The molecular formula is C23H40O2. The second-order valence-electron chi connectivity index (χ2n) is 7.30. The van der Waals surface area contributed by atoms with Crippen LogP contribution in [-0.4, -0.2) is 17.8 Å². The van der Waals surface area contributed by atoms with Crippen molar-refractivity contribution >= 4 is 0 Å². The first-order chi connectivity index (χ1) is 12.3. The summed E-state index contributed by atoms with van der Waals surface area (Å²) in [7, 11) is 0. The number of ether oxygens (including phenoxy) is 1. The minimum absolute atomic E-state index is 0.0533. The lowest BCUT2D eigenvalue weighted by Crippen LogP contribution is -2.05. The zero-order valence-electron chi connectivity index (χ0n) is 16.4. The van der Waals surface area contributed by atoms with Crippen LogP contribution in [0.4, 0.5) is 0 Å². The van der Waals surface area contributed by atoms with Gasteiger partial charge in [0.15, 0.2) is 0 Å². The monoisotopic (exact) mass is 348 g/mol. The van der Waals surface area contributed by atoms with Crippen LogP contribution in [0.15, 0.2) is 30.3 Å². The fraction of sp³-hybridized carbons (Fsp3) is 0.739. The van der Waals surface area contributed by atoms with Crippen LogP contribution < -0.4 is 0 Å². The van der Waals surface area contributed by atoms with Crippen molar-refractivity contribution < 1.29 is 9.84 Å². The van der Waals surface area contributed by atoms with E-state index in [4.69, 9.17) is 4.74 Å². The van der Waals surface area contributed by atoms with E-state index in [2.05, 4.69) is 31.2 Å². The molecule has 0 aliphatic carbocycles. The van der Waals surface area contributed by atoms with E-state index in [1.807, 2.05) is 6.07 Å². The van der Waals surface area contributed by atoms with Crippen LogP contribution in [0.3, 0.4) is 0 Å². The summed E-state index contributed by atoms with van der Waals surface area (Å²) in [6, 6.07) is 10.4. The summed E-state index contributed by atoms with van der Waals surface area (Å²) in [6.07, 6.45) is 15.9. The van der Waals surface area contributed by atoms with Crippen molar-refractivity contribution in [3.8, 4) is 0 Å². The molecule has 1 N–H and O–H groups in total. The third-order valence-corrected chi connectivity index (χ3v) is 4.83. The van der Waals surface area contributed by atoms with Crippen molar-refractivity contribution in [1.29, 1.82) is 0 Å². The normalized spacial score (nSPS) is 12.4. The predicted molar refractivity (Wildman–Crippen MR) is 108 cm³/mol. The second-order valence-corrected chi connectivity index (χ2v) is 7.30. The lowest BCUT2D eigenvalue weighted by Gasteiger charge is -2.09. The molecule has 144 valence electrons. The second kappa shape index (κ2) is 16.6. The minimum atomic E-state index is -0.0533. The number of unbranched alkanes of at least 4 members (excludes halogenated alkanes) is 9. The van der Waals surface area contributed by atoms with Gasteiger partial charge in [-0.1, -0.05) is 101 Å². The summed E-state index contributed by atoms with van der Waals surface area (Å²) in [5, 5.41) is 9.88. The van der Waals surface area contributed by atoms with Gasteiger partial charge < -0.3 is 9.84 Å². The van der Waals surface area contributed by atoms with E-state index >= 15 is 0 Å². The van der Waals surface area contributed by atoms with E-state index in [1.54, 1.807) is 0 Å². The molecule has 1 rings (SSSR count). The molecule has 1 aromatic carbocycles. The lowest BCUT2D eigenvalue weighted by molar-refractivity contribution is 0.116. The quantitative estimate of drug-likeness (QED) is 0.319. The molecule has 0 unspecified atom stereocenters. The molecule has 0 fully saturated rings. The van der Waals surface area contributed by atoms with E-state index < -0.39 is 0 Å². The molecule has 2 nitrogen and oxygen atoms in total. The molecule has 0 saturated carbocycles. The fourth-order valence-electron chi connectivity index (χ4n) is 3.18. The maximum atomic E-state index is 9.88. The third-order valence-electron chi connectivity index (χ3n) is 4.83. The Hall–Kier alpha value is -0.860. The molecule has 0 radical (unpaired) electrons. The van der Waals surface area contributed by atoms with Crippen molar-refractivity contribution in [1.82, 2.24) is 0 Å². The van der Waals surface area contributed by atoms with Crippen molar-refractivity contribution in [2.75, 3.05) is 6.61 Å². The van der Waals surface area contributed by atoms with E-state index in [-0.39, 0.29) is 6.10 Å². The summed E-state index contributed by atoms with van der Waals surface area (Å²) >= 11 is 0. The van der Waals surface area contributed by atoms with Crippen LogP contribution in [0.5, 0.6) is 0 Å². The summed E-state index contributed by atoms with van der Waals surface area (Å²) < 4.78 is 5.71. The first kappa shape index (κ1) is 22.2. The average Bonchev–Trinajstić information content (AvgIpc) is 2.63. The Morgan fingerprint density at radius 1 is 0.760 bits per heavy atom. The molecule has 0 amide bonds. The topological polar surface area (TPSA) is 29.5 Å². The SMILES string of the molecule is CCCCC[C@H](O)CCCCCCCCCCOCc1ccccc1. The van der Waals surface area contributed by atoms with Crippen LogP contribution in [0.1, 0.15) is 96.0 Å². The number of hydrogen-bond acceptors (Lipinski definition) is 2. The number of aliphatic hydroxyl groups is 1. The summed E-state index contributed by atoms with van der Waals surface area (Å²) in [5.74, 6) is 0. The summed E-state index contributed by atoms with van der Waals surface area (Å²) in [5.41, 5.74) is 1.26. The number of benzene rings is 1. The van der Waals surface area contributed by atoms with Gasteiger partial charge in [0.2, 0.25) is 0 Å². The van der Waals surface area contributed by atoms with Crippen LogP contribution in [0.2, 0.25) is 0 Å². The number of rotatable bonds is 17. The molecule has 1 atom stereocenters. The Morgan fingerprint density at radius 3 is 1.96 bits per heavy atom. The van der Waals surface area contributed by atoms with Crippen molar-refractivity contribution in [2.24, 2.45) is 0 Å². The van der Waals surface area contributed by atoms with Gasteiger partial charge in [0.05, 0.1) is 12.7 Å². The van der Waals surface area contributed by atoms with Gasteiger partial charge in [0, 0.05) is 6.61 Å². The Morgan fingerprint density at radius 2 is 1.32 bits per heavy atom. The summed E-state index contributed by atoms with van der Waals surface area (Å²) in [6.45, 7) is 3.83. The van der Waals surface area contributed by atoms with Gasteiger partial charge in [-0.15, -0.1) is 0 Å². The lowest BCUT2D eigenvalue weighted by atomic mass is 10.0. The molecule has 2 heteroatoms. The first-order valence-corrected chi connectivity index (χ1v) is 10.6. The minimum Gasteiger partial charge on any atom is -0.393 e. The molecule has 0 spiro atoms. The van der Waals surface area contributed by atoms with Gasteiger partial charge in [-0.05, 0) is 24.8 Å². The van der Waals surface area contributed by atoms with Crippen molar-refractivity contribution in [3.63, 3.8) is 0 Å². The highest BCUT2D eigenvalue weighted by atomic mass is 16.5. The Labute approximate surface area is 156 Å². The molecule has 0 bridgehead atoms. The standard InChI is InChI=1S/C23H40O2/c1-2-3-11-18-23(24)19-14-8-6-4-5-7-9-15-20-25-21-22-16-12-10-13-17-22/h10,12-13,16-17,23-24H,2-9,11,14-15,18-21H2,1H3/t23-/m0/s1. The van der Waals surface area contributed by atoms with Crippen LogP contribution >= 0.6 is 0 Å². The van der Waals surface area contributed by atoms with Gasteiger partial charge in [0.25, 0.3) is 0 Å². The molecule has 1 aromatic rings. The highest BCUT2D eigenvalue weighted by molar-refractivity contribution is 5.13. The van der Waals surface area contributed by atoms with E-state index in [9.17, 15) is 5.11 Å². The molecule has 0 saturated heterocycles. The predicted octanol–water partition coefficient (Wildman–Crippen LogP) is 6.66. The van der Waals surface area contributed by atoms with Crippen molar-refractivity contribution in [3.05, 3.63) is 35.9 Å². The molecule has 25 heavy (non-hydrogen) atoms. The van der Waals surface area contributed by atoms with Gasteiger partial charge in [0.1, 0.15) is 0 Å². The zero-order chi connectivity index (χ0) is 18.0. The van der Waals surface area contributed by atoms with Crippen LogP contribution in [0.25, 0.3) is 0 Å². The van der Waals surface area contributed by atoms with Crippen LogP contribution in [-0.2, 0) is 11.3 Å². The smallest absolute Gasteiger partial charge is 0.0716 e. The average molecular weight is 349 g/mol. The van der Waals surface area contributed by atoms with Crippen LogP contribution in [0, 0.1) is 0 Å². The Bertz CT molecular complexity index is 377. The van der Waals surface area contributed by atoms with E-state index in [0.717, 1.165) is 26.1 Å². The van der Waals surface area contributed by atoms with Gasteiger partial charge in [-0.2, -0.15) is 0 Å². The van der Waals surface area contributed by atoms with Gasteiger partial charge in [-0.3, -0.25) is 0 Å². The van der Waals surface area contributed by atoms with Crippen molar-refractivity contribution in [2.45, 2.75) is 103 Å². The number of aliphatic hydroxyl groups excluding tert-OH is 1. The highest BCUT2D eigenvalue weighted by Crippen LogP contribution is 2.13. The van der Waals surface area contributed by atoms with Gasteiger partial charge >= 0.3 is 0 Å². The molecule has 0 heterocycles. The zero-order valence-corrected chi connectivity index (χ0v) is 16.4. The molecule has 0 aromatic heterocycles. The number of hydrogen-bond donors (Lipinski definition) is 1. The maximum absolute atomic E-state index is 9.88. The van der Waals surface area contributed by atoms with E-state index in [1.165, 1.54) is 76.2 Å². The third kappa shape index (κ3) is 14.0. The largest absolute Gasteiger partial charge is 0.393 e. The summed E-state index contributed by atoms with van der Waals surface area (Å²) in [4.78, 5) is 0. The van der Waals surface area contributed by atoms with Gasteiger partial charge in [-0.25, -0.2) is 0 Å². The molecule has 0 aliphatic rings. The molecule has 0 aliphatic heterocycles. The fourth-order valence-corrected chi connectivity index (χ4v) is 3.18. The molecular weight excluding hydrogens is 308 g/mol. The highest BCUT2D eigenvalue weighted by Gasteiger charge is 2.03. The first-order valence-electron chi connectivity index (χ1n) is 10.6. The van der Waals surface area contributed by atoms with E-state index in [0.29, 0.717) is 0 Å². The Kier molecular flexibility index (Phi) is 14.7. The maximum Gasteiger partial charge on any atom is 0.0716 e.